The minimum atomic E-state index is -0.145. The maximum atomic E-state index is 11.1. The second-order valence-corrected chi connectivity index (χ2v) is 3.33. The molecule has 0 N–H and O–H groups in total. The van der Waals surface area contributed by atoms with Crippen LogP contribution in [0.2, 0.25) is 0 Å². The molecule has 4 heteroatoms. The van der Waals surface area contributed by atoms with Crippen LogP contribution in [-0.2, 0) is 16.1 Å². The van der Waals surface area contributed by atoms with E-state index in [0.29, 0.717) is 0 Å². The number of hydrogen-bond acceptors (Lipinski definition) is 4. The molecule has 2 rings (SSSR count). The van der Waals surface area contributed by atoms with Gasteiger partial charge in [-0.2, -0.15) is 0 Å². The van der Waals surface area contributed by atoms with E-state index >= 15 is 0 Å². The van der Waals surface area contributed by atoms with Crippen LogP contribution in [0.1, 0.15) is 5.56 Å². The van der Waals surface area contributed by atoms with Gasteiger partial charge in [0.05, 0.1) is 7.11 Å². The zero-order valence-electron chi connectivity index (χ0n) is 8.01. The van der Waals surface area contributed by atoms with Gasteiger partial charge >= 0.3 is 5.97 Å². The van der Waals surface area contributed by atoms with Gasteiger partial charge in [0.2, 0.25) is 0 Å². The third-order valence-electron chi connectivity index (χ3n) is 2.30. The molecule has 2 atom stereocenters. The van der Waals surface area contributed by atoms with Gasteiger partial charge in [-0.25, -0.2) is 0 Å². The van der Waals surface area contributed by atoms with Crippen LogP contribution in [0.4, 0.5) is 0 Å². The molecule has 1 aliphatic rings. The predicted octanol–water partition coefficient (Wildman–Crippen LogP) is 0.439. The maximum absolute atomic E-state index is 11.1. The van der Waals surface area contributed by atoms with Gasteiger partial charge in [0.1, 0.15) is 6.04 Å². The summed E-state index contributed by atoms with van der Waals surface area (Å²) < 4.78 is 4.65. The molecular weight excluding hydrogens is 180 g/mol. The molecule has 1 aliphatic heterocycles. The Hall–Kier alpha value is -1.42. The average Bonchev–Trinajstić information content (AvgIpc) is 2.98. The first-order chi connectivity index (χ1) is 6.81. The summed E-state index contributed by atoms with van der Waals surface area (Å²) >= 11 is 0. The number of aromatic nitrogens is 1. The highest BCUT2D eigenvalue weighted by atomic mass is 16.5. The Balaban J connectivity index is 1.88. The lowest BCUT2D eigenvalue weighted by Crippen LogP contribution is -2.14. The van der Waals surface area contributed by atoms with E-state index < -0.39 is 0 Å². The third kappa shape index (κ3) is 1.90. The molecular formula is C10H12N2O2. The van der Waals surface area contributed by atoms with E-state index in [-0.39, 0.29) is 12.0 Å². The van der Waals surface area contributed by atoms with Crippen molar-refractivity contribution in [2.45, 2.75) is 12.6 Å². The molecule has 1 aromatic heterocycles. The molecule has 1 saturated heterocycles. The number of ether oxygens (including phenoxy) is 1. The minimum Gasteiger partial charge on any atom is -0.468 e. The second-order valence-electron chi connectivity index (χ2n) is 3.33. The summed E-state index contributed by atoms with van der Waals surface area (Å²) in [7, 11) is 1.42. The van der Waals surface area contributed by atoms with Crippen LogP contribution >= 0.6 is 0 Å². The first-order valence-corrected chi connectivity index (χ1v) is 4.52. The van der Waals surface area contributed by atoms with E-state index in [2.05, 4.69) is 9.72 Å². The molecule has 1 unspecified atom stereocenters. The topological polar surface area (TPSA) is 42.2 Å². The number of nitrogens with zero attached hydrogens (tertiary/aromatic N) is 2. The fourth-order valence-corrected chi connectivity index (χ4v) is 1.44. The number of hydrogen-bond donors (Lipinski definition) is 0. The van der Waals surface area contributed by atoms with E-state index in [0.717, 1.165) is 18.7 Å². The molecule has 0 aromatic carbocycles. The molecule has 74 valence electrons. The summed E-state index contributed by atoms with van der Waals surface area (Å²) in [5.41, 5.74) is 1.12. The summed E-state index contributed by atoms with van der Waals surface area (Å²) in [6, 6.07) is 3.85. The van der Waals surface area contributed by atoms with Gasteiger partial charge < -0.3 is 4.74 Å². The van der Waals surface area contributed by atoms with Crippen LogP contribution in [-0.4, -0.2) is 35.5 Å². The van der Waals surface area contributed by atoms with Gasteiger partial charge in [-0.15, -0.1) is 0 Å². The molecule has 1 aromatic rings. The van der Waals surface area contributed by atoms with Crippen molar-refractivity contribution in [2.75, 3.05) is 13.7 Å². The summed E-state index contributed by atoms with van der Waals surface area (Å²) in [5, 5.41) is 0. The standard InChI is InChI=1S/C10H12N2O2/c1-14-10(13)9-7-12(9)6-8-3-2-4-11-5-8/h2-5,9H,6-7H2,1H3/t9-,12?/m0/s1. The zero-order chi connectivity index (χ0) is 9.97. The highest BCUT2D eigenvalue weighted by molar-refractivity contribution is 5.78. The van der Waals surface area contributed by atoms with Crippen LogP contribution in [0, 0.1) is 0 Å². The molecule has 1 fully saturated rings. The van der Waals surface area contributed by atoms with Crippen LogP contribution < -0.4 is 0 Å². The lowest BCUT2D eigenvalue weighted by atomic mass is 10.3. The first-order valence-electron chi connectivity index (χ1n) is 4.52. The number of pyridine rings is 1. The Morgan fingerprint density at radius 1 is 1.79 bits per heavy atom. The van der Waals surface area contributed by atoms with Crippen molar-refractivity contribution < 1.29 is 9.53 Å². The number of carbonyl (C=O) groups is 1. The zero-order valence-corrected chi connectivity index (χ0v) is 8.01. The van der Waals surface area contributed by atoms with Gasteiger partial charge in [-0.1, -0.05) is 6.07 Å². The SMILES string of the molecule is COC(=O)[C@@H]1CN1Cc1cccnc1. The molecule has 0 aliphatic carbocycles. The lowest BCUT2D eigenvalue weighted by Gasteiger charge is -2.01. The van der Waals surface area contributed by atoms with E-state index in [1.807, 2.05) is 23.2 Å². The van der Waals surface area contributed by atoms with Gasteiger partial charge in [0.25, 0.3) is 0 Å². The van der Waals surface area contributed by atoms with E-state index in [9.17, 15) is 4.79 Å². The normalized spacial score (nSPS) is 24.4. The van der Waals surface area contributed by atoms with Crippen LogP contribution in [0.15, 0.2) is 24.5 Å². The van der Waals surface area contributed by atoms with Gasteiger partial charge in [0.15, 0.2) is 0 Å². The summed E-state index contributed by atoms with van der Waals surface area (Å²) in [6.45, 7) is 1.56. The van der Waals surface area contributed by atoms with Crippen molar-refractivity contribution >= 4 is 5.97 Å². The highest BCUT2D eigenvalue weighted by Gasteiger charge is 2.40. The van der Waals surface area contributed by atoms with E-state index in [1.165, 1.54) is 7.11 Å². The molecule has 0 bridgehead atoms. The van der Waals surface area contributed by atoms with E-state index in [4.69, 9.17) is 0 Å². The first kappa shape index (κ1) is 9.15. The third-order valence-corrected chi connectivity index (χ3v) is 2.30. The van der Waals surface area contributed by atoms with Crippen LogP contribution in [0.5, 0.6) is 0 Å². The summed E-state index contributed by atoms with van der Waals surface area (Å²) in [6.07, 6.45) is 3.55. The van der Waals surface area contributed by atoms with E-state index in [1.54, 1.807) is 6.20 Å². The second kappa shape index (κ2) is 3.75. The largest absolute Gasteiger partial charge is 0.468 e. The molecule has 0 amide bonds. The van der Waals surface area contributed by atoms with Crippen LogP contribution in [0.25, 0.3) is 0 Å². The number of esters is 1. The lowest BCUT2D eigenvalue weighted by molar-refractivity contribution is -0.140. The van der Waals surface area contributed by atoms with Crippen molar-refractivity contribution in [3.63, 3.8) is 0 Å². The number of methoxy groups -OCH3 is 1. The average molecular weight is 192 g/mol. The Kier molecular flexibility index (Phi) is 2.45. The monoisotopic (exact) mass is 192 g/mol. The fraction of sp³-hybridized carbons (Fsp3) is 0.400. The minimum absolute atomic E-state index is 0.0415. The van der Waals surface area contributed by atoms with Gasteiger partial charge in [-0.3, -0.25) is 14.7 Å². The molecule has 0 spiro atoms. The molecule has 0 saturated carbocycles. The molecule has 2 heterocycles. The Bertz CT molecular complexity index is 326. The molecule has 4 nitrogen and oxygen atoms in total. The van der Waals surface area contributed by atoms with Crippen molar-refractivity contribution in [3.05, 3.63) is 30.1 Å². The van der Waals surface area contributed by atoms with Gasteiger partial charge in [0, 0.05) is 25.5 Å². The highest BCUT2D eigenvalue weighted by Crippen LogP contribution is 2.21. The number of rotatable bonds is 3. The number of carbonyl (C=O) groups excluding carboxylic acids is 1. The van der Waals surface area contributed by atoms with Crippen molar-refractivity contribution in [2.24, 2.45) is 0 Å². The Morgan fingerprint density at radius 3 is 3.29 bits per heavy atom. The van der Waals surface area contributed by atoms with Crippen molar-refractivity contribution in [1.29, 1.82) is 0 Å². The molecule has 0 radical (unpaired) electrons. The Morgan fingerprint density at radius 2 is 2.64 bits per heavy atom. The molecule has 14 heavy (non-hydrogen) atoms. The summed E-state index contributed by atoms with van der Waals surface area (Å²) in [5.74, 6) is -0.145. The van der Waals surface area contributed by atoms with Crippen molar-refractivity contribution in [3.8, 4) is 0 Å². The smallest absolute Gasteiger partial charge is 0.324 e. The Labute approximate surface area is 82.5 Å². The summed E-state index contributed by atoms with van der Waals surface area (Å²) in [4.78, 5) is 17.2. The quantitative estimate of drug-likeness (QED) is 0.514. The van der Waals surface area contributed by atoms with Crippen molar-refractivity contribution in [1.82, 2.24) is 9.88 Å². The van der Waals surface area contributed by atoms with Crippen LogP contribution in [0.3, 0.4) is 0 Å². The van der Waals surface area contributed by atoms with Gasteiger partial charge in [-0.05, 0) is 11.6 Å². The fourth-order valence-electron chi connectivity index (χ4n) is 1.44. The predicted molar refractivity (Wildman–Crippen MR) is 50.5 cm³/mol. The maximum Gasteiger partial charge on any atom is 0.324 e.